The fourth-order valence-electron chi connectivity index (χ4n) is 1.62. The van der Waals surface area contributed by atoms with Crippen molar-refractivity contribution in [3.8, 4) is 0 Å². The molecule has 0 saturated heterocycles. The Bertz CT molecular complexity index is 589. The predicted octanol–water partition coefficient (Wildman–Crippen LogP) is 3.69. The van der Waals surface area contributed by atoms with Gasteiger partial charge >= 0.3 is 0 Å². The van der Waals surface area contributed by atoms with Crippen molar-refractivity contribution in [3.05, 3.63) is 51.7 Å². The van der Waals surface area contributed by atoms with Crippen molar-refractivity contribution in [2.45, 2.75) is 13.8 Å². The topological polar surface area (TPSA) is 36.4 Å². The van der Waals surface area contributed by atoms with Crippen molar-refractivity contribution in [2.75, 3.05) is 5.32 Å². The van der Waals surface area contributed by atoms with Crippen LogP contribution in [0, 0.1) is 13.8 Å². The molecule has 0 aliphatic carbocycles. The zero-order valence-electron chi connectivity index (χ0n) is 10.8. The van der Waals surface area contributed by atoms with Gasteiger partial charge < -0.3 is 5.32 Å². The SMILES string of the molecule is Cc1ccc(NC(=S)N/N=C/c2cccs2)c(C)c1. The van der Waals surface area contributed by atoms with Crippen LogP contribution < -0.4 is 10.7 Å². The van der Waals surface area contributed by atoms with Crippen molar-refractivity contribution in [1.82, 2.24) is 5.43 Å². The van der Waals surface area contributed by atoms with Crippen molar-refractivity contribution < 1.29 is 0 Å². The smallest absolute Gasteiger partial charge is 0.191 e. The molecule has 1 heterocycles. The first-order valence-electron chi connectivity index (χ1n) is 5.86. The number of thiophene rings is 1. The van der Waals surface area contributed by atoms with Gasteiger partial charge in [-0.15, -0.1) is 11.3 Å². The van der Waals surface area contributed by atoms with Gasteiger partial charge in [0.1, 0.15) is 0 Å². The normalized spacial score (nSPS) is 10.6. The van der Waals surface area contributed by atoms with Crippen LogP contribution in [0.15, 0.2) is 40.8 Å². The Kier molecular flexibility index (Phi) is 4.65. The number of rotatable bonds is 3. The van der Waals surface area contributed by atoms with E-state index in [4.69, 9.17) is 12.2 Å². The zero-order chi connectivity index (χ0) is 13.7. The maximum atomic E-state index is 5.19. The lowest BCUT2D eigenvalue weighted by atomic mass is 10.1. The highest BCUT2D eigenvalue weighted by Crippen LogP contribution is 2.15. The summed E-state index contributed by atoms with van der Waals surface area (Å²) >= 11 is 6.82. The summed E-state index contributed by atoms with van der Waals surface area (Å²) in [5.41, 5.74) is 6.20. The fraction of sp³-hybridized carbons (Fsp3) is 0.143. The van der Waals surface area contributed by atoms with Gasteiger partial charge in [0.25, 0.3) is 0 Å². The maximum absolute atomic E-state index is 5.19. The standard InChI is InChI=1S/C14H15N3S2/c1-10-5-6-13(11(2)8-10)16-14(18)17-15-9-12-4-3-7-19-12/h3-9H,1-2H3,(H2,16,17,18)/b15-9+. The summed E-state index contributed by atoms with van der Waals surface area (Å²) in [5, 5.41) is 9.71. The number of nitrogens with zero attached hydrogens (tertiary/aromatic N) is 1. The minimum absolute atomic E-state index is 0.486. The summed E-state index contributed by atoms with van der Waals surface area (Å²) in [7, 11) is 0. The lowest BCUT2D eigenvalue weighted by molar-refractivity contribution is 1.05. The van der Waals surface area contributed by atoms with Crippen LogP contribution >= 0.6 is 23.6 Å². The van der Waals surface area contributed by atoms with Crippen molar-refractivity contribution >= 4 is 40.6 Å². The van der Waals surface area contributed by atoms with Gasteiger partial charge in [-0.05, 0) is 49.1 Å². The fourth-order valence-corrected chi connectivity index (χ4v) is 2.37. The number of hydrazone groups is 1. The number of benzene rings is 1. The number of anilines is 1. The van der Waals surface area contributed by atoms with Gasteiger partial charge in [-0.2, -0.15) is 5.10 Å². The minimum atomic E-state index is 0.486. The molecule has 3 nitrogen and oxygen atoms in total. The van der Waals surface area contributed by atoms with Gasteiger partial charge in [0, 0.05) is 10.6 Å². The molecule has 0 saturated carbocycles. The van der Waals surface area contributed by atoms with Gasteiger partial charge in [0.2, 0.25) is 0 Å². The van der Waals surface area contributed by atoms with Gasteiger partial charge in [0.15, 0.2) is 5.11 Å². The highest BCUT2D eigenvalue weighted by atomic mass is 32.1. The number of nitrogens with one attached hydrogen (secondary N) is 2. The second-order valence-electron chi connectivity index (χ2n) is 4.16. The molecule has 2 aromatic rings. The third-order valence-corrected chi connectivity index (χ3v) is 3.53. The van der Waals surface area contributed by atoms with Crippen LogP contribution in [0.25, 0.3) is 0 Å². The van der Waals surface area contributed by atoms with E-state index in [-0.39, 0.29) is 0 Å². The summed E-state index contributed by atoms with van der Waals surface area (Å²) < 4.78 is 0. The number of thiocarbonyl (C=S) groups is 1. The van der Waals surface area contributed by atoms with Gasteiger partial charge in [-0.25, -0.2) is 0 Å². The average Bonchev–Trinajstić information content (AvgIpc) is 2.86. The maximum Gasteiger partial charge on any atom is 0.191 e. The third-order valence-electron chi connectivity index (χ3n) is 2.53. The summed E-state index contributed by atoms with van der Waals surface area (Å²) in [5.74, 6) is 0. The summed E-state index contributed by atoms with van der Waals surface area (Å²) in [4.78, 5) is 1.09. The Balaban J connectivity index is 1.91. The van der Waals surface area contributed by atoms with Crippen LogP contribution in [0.5, 0.6) is 0 Å². The first-order chi connectivity index (χ1) is 9.15. The van der Waals surface area contributed by atoms with E-state index in [1.807, 2.05) is 36.6 Å². The van der Waals surface area contributed by atoms with Crippen LogP contribution in [0.4, 0.5) is 5.69 Å². The Hall–Kier alpha value is -1.72. The van der Waals surface area contributed by atoms with Crippen molar-refractivity contribution in [2.24, 2.45) is 5.10 Å². The van der Waals surface area contributed by atoms with E-state index in [0.29, 0.717) is 5.11 Å². The molecular weight excluding hydrogens is 274 g/mol. The molecule has 19 heavy (non-hydrogen) atoms. The lowest BCUT2D eigenvalue weighted by Crippen LogP contribution is -2.24. The van der Waals surface area contributed by atoms with E-state index in [1.165, 1.54) is 5.56 Å². The van der Waals surface area contributed by atoms with E-state index in [1.54, 1.807) is 17.6 Å². The monoisotopic (exact) mass is 289 g/mol. The largest absolute Gasteiger partial charge is 0.331 e. The number of aryl methyl sites for hydroxylation is 2. The molecule has 2 rings (SSSR count). The molecule has 0 spiro atoms. The van der Waals surface area contributed by atoms with Crippen LogP contribution in [0.2, 0.25) is 0 Å². The molecule has 0 unspecified atom stereocenters. The van der Waals surface area contributed by atoms with Gasteiger partial charge in [0.05, 0.1) is 6.21 Å². The minimum Gasteiger partial charge on any atom is -0.331 e. The van der Waals surface area contributed by atoms with Crippen molar-refractivity contribution in [3.63, 3.8) is 0 Å². The highest BCUT2D eigenvalue weighted by molar-refractivity contribution is 7.80. The highest BCUT2D eigenvalue weighted by Gasteiger charge is 2.00. The molecule has 1 aromatic carbocycles. The average molecular weight is 289 g/mol. The van der Waals surface area contributed by atoms with E-state index in [0.717, 1.165) is 16.1 Å². The van der Waals surface area contributed by atoms with Crippen molar-refractivity contribution in [1.29, 1.82) is 0 Å². The quantitative estimate of drug-likeness (QED) is 0.514. The summed E-state index contributed by atoms with van der Waals surface area (Å²) in [6, 6.07) is 10.2. The first kappa shape index (κ1) is 13.7. The molecule has 0 radical (unpaired) electrons. The molecule has 1 aromatic heterocycles. The first-order valence-corrected chi connectivity index (χ1v) is 7.15. The molecule has 0 bridgehead atoms. The number of hydrogen-bond donors (Lipinski definition) is 2. The molecule has 0 fully saturated rings. The van der Waals surface area contributed by atoms with Crippen LogP contribution in [-0.4, -0.2) is 11.3 Å². The Morgan fingerprint density at radius 2 is 2.16 bits per heavy atom. The zero-order valence-corrected chi connectivity index (χ0v) is 12.4. The van der Waals surface area contributed by atoms with Crippen LogP contribution in [0.3, 0.4) is 0 Å². The molecule has 0 atom stereocenters. The molecule has 0 amide bonds. The van der Waals surface area contributed by atoms with E-state index in [9.17, 15) is 0 Å². The molecule has 5 heteroatoms. The van der Waals surface area contributed by atoms with Crippen LogP contribution in [-0.2, 0) is 0 Å². The molecule has 0 aliphatic rings. The Morgan fingerprint density at radius 1 is 1.32 bits per heavy atom. The van der Waals surface area contributed by atoms with Gasteiger partial charge in [-0.3, -0.25) is 5.43 Å². The third kappa shape index (κ3) is 4.15. The second kappa shape index (κ2) is 6.45. The molecule has 0 aliphatic heterocycles. The van der Waals surface area contributed by atoms with Gasteiger partial charge in [-0.1, -0.05) is 23.8 Å². The van der Waals surface area contributed by atoms with E-state index < -0.39 is 0 Å². The van der Waals surface area contributed by atoms with E-state index >= 15 is 0 Å². The lowest BCUT2D eigenvalue weighted by Gasteiger charge is -2.10. The predicted molar refractivity (Wildman–Crippen MR) is 87.2 cm³/mol. The van der Waals surface area contributed by atoms with E-state index in [2.05, 4.69) is 28.8 Å². The van der Waals surface area contributed by atoms with Crippen LogP contribution in [0.1, 0.15) is 16.0 Å². The summed E-state index contributed by atoms with van der Waals surface area (Å²) in [6.07, 6.45) is 1.75. The molecular formula is C14H15N3S2. The molecule has 98 valence electrons. The Morgan fingerprint density at radius 3 is 2.84 bits per heavy atom. The second-order valence-corrected chi connectivity index (χ2v) is 5.55. The Labute approximate surface area is 122 Å². The summed E-state index contributed by atoms with van der Waals surface area (Å²) in [6.45, 7) is 4.12. The molecule has 2 N–H and O–H groups in total. The number of hydrogen-bond acceptors (Lipinski definition) is 3.